The molecular formula is C26H23FN4O2. The molecule has 0 saturated carbocycles. The number of carbonyl (C=O) groups excluding carboxylic acids is 2. The Hall–Kier alpha value is -4.18. The number of rotatable bonds is 6. The van der Waals surface area contributed by atoms with Gasteiger partial charge in [-0.05, 0) is 60.0 Å². The summed E-state index contributed by atoms with van der Waals surface area (Å²) in [7, 11) is 0. The van der Waals surface area contributed by atoms with Crippen LogP contribution in [0, 0.1) is 17.1 Å². The molecule has 1 aliphatic heterocycles. The number of nitriles is 1. The van der Waals surface area contributed by atoms with Crippen molar-refractivity contribution in [3.63, 3.8) is 0 Å². The van der Waals surface area contributed by atoms with Crippen molar-refractivity contribution in [2.24, 2.45) is 0 Å². The van der Waals surface area contributed by atoms with Gasteiger partial charge in [0.2, 0.25) is 5.91 Å². The van der Waals surface area contributed by atoms with Gasteiger partial charge in [-0.3, -0.25) is 9.69 Å². The number of amides is 3. The minimum Gasteiger partial charge on any atom is -0.326 e. The zero-order valence-corrected chi connectivity index (χ0v) is 18.0. The Kier molecular flexibility index (Phi) is 6.65. The number of urea groups is 1. The van der Waals surface area contributed by atoms with Crippen LogP contribution in [0.25, 0.3) is 0 Å². The molecule has 0 bridgehead atoms. The Morgan fingerprint density at radius 1 is 1.00 bits per heavy atom. The van der Waals surface area contributed by atoms with E-state index in [9.17, 15) is 19.2 Å². The molecule has 1 N–H and O–H groups in total. The summed E-state index contributed by atoms with van der Waals surface area (Å²) >= 11 is 0. The fourth-order valence-corrected chi connectivity index (χ4v) is 3.86. The summed E-state index contributed by atoms with van der Waals surface area (Å²) in [6.07, 6.45) is 0.961. The van der Waals surface area contributed by atoms with Crippen molar-refractivity contribution in [2.45, 2.75) is 19.4 Å². The first-order valence-electron chi connectivity index (χ1n) is 10.7. The number of anilines is 2. The molecule has 3 aromatic rings. The van der Waals surface area contributed by atoms with Crippen molar-refractivity contribution in [2.75, 3.05) is 23.3 Å². The van der Waals surface area contributed by atoms with E-state index in [0.29, 0.717) is 30.9 Å². The van der Waals surface area contributed by atoms with Gasteiger partial charge in [-0.15, -0.1) is 0 Å². The molecule has 0 unspecified atom stereocenters. The fourth-order valence-electron chi connectivity index (χ4n) is 3.86. The van der Waals surface area contributed by atoms with E-state index in [4.69, 9.17) is 0 Å². The molecule has 6 nitrogen and oxygen atoms in total. The molecule has 1 saturated heterocycles. The third kappa shape index (κ3) is 5.36. The largest absolute Gasteiger partial charge is 0.326 e. The minimum atomic E-state index is -0.338. The Balaban J connectivity index is 1.39. The molecular weight excluding hydrogens is 419 g/mol. The number of nitrogens with one attached hydrogen (secondary N) is 1. The van der Waals surface area contributed by atoms with Gasteiger partial charge in [0, 0.05) is 31.0 Å². The molecule has 0 aliphatic carbocycles. The van der Waals surface area contributed by atoms with Crippen LogP contribution in [0.15, 0.2) is 72.8 Å². The van der Waals surface area contributed by atoms with E-state index in [-0.39, 0.29) is 24.2 Å². The second-order valence-electron chi connectivity index (χ2n) is 7.88. The Labute approximate surface area is 191 Å². The molecule has 3 amide bonds. The predicted octanol–water partition coefficient (Wildman–Crippen LogP) is 4.71. The lowest BCUT2D eigenvalue weighted by molar-refractivity contribution is -0.115. The van der Waals surface area contributed by atoms with Gasteiger partial charge in [-0.1, -0.05) is 30.3 Å². The molecule has 0 atom stereocenters. The standard InChI is InChI=1S/C26H23FN4O2/c27-22-8-6-19(7-9-22)16-25(32)29-23-10-12-24(13-11-23)31-15-3-14-30(26(31)33)18-21-5-2-1-4-20(21)17-28/h1-2,4-13H,3,14-16,18H2,(H,29,32). The molecule has 1 heterocycles. The summed E-state index contributed by atoms with van der Waals surface area (Å²) in [5, 5.41) is 12.1. The maximum Gasteiger partial charge on any atom is 0.324 e. The quantitative estimate of drug-likeness (QED) is 0.601. The van der Waals surface area contributed by atoms with E-state index in [2.05, 4.69) is 11.4 Å². The number of benzene rings is 3. The van der Waals surface area contributed by atoms with Crippen molar-refractivity contribution in [3.8, 4) is 6.07 Å². The summed E-state index contributed by atoms with van der Waals surface area (Å²) in [6, 6.07) is 22.3. The minimum absolute atomic E-state index is 0.109. The lowest BCUT2D eigenvalue weighted by Gasteiger charge is -2.36. The van der Waals surface area contributed by atoms with Gasteiger partial charge in [0.1, 0.15) is 5.82 Å². The maximum atomic E-state index is 13.1. The Bertz CT molecular complexity index is 1190. The highest BCUT2D eigenvalue weighted by atomic mass is 19.1. The van der Waals surface area contributed by atoms with Gasteiger partial charge in [-0.25, -0.2) is 9.18 Å². The third-order valence-electron chi connectivity index (χ3n) is 5.55. The summed E-state index contributed by atoms with van der Waals surface area (Å²) in [6.45, 7) is 1.62. The topological polar surface area (TPSA) is 76.4 Å². The Morgan fingerprint density at radius 2 is 1.73 bits per heavy atom. The highest BCUT2D eigenvalue weighted by Crippen LogP contribution is 2.24. The van der Waals surface area contributed by atoms with Gasteiger partial charge in [0.25, 0.3) is 0 Å². The lowest BCUT2D eigenvalue weighted by Crippen LogP contribution is -2.49. The number of hydrogen-bond donors (Lipinski definition) is 1. The molecule has 0 aromatic heterocycles. The smallest absolute Gasteiger partial charge is 0.324 e. The average molecular weight is 442 g/mol. The van der Waals surface area contributed by atoms with Crippen LogP contribution in [0.3, 0.4) is 0 Å². The van der Waals surface area contributed by atoms with E-state index in [1.54, 1.807) is 52.3 Å². The summed E-state index contributed by atoms with van der Waals surface area (Å²) < 4.78 is 13.0. The van der Waals surface area contributed by atoms with E-state index in [1.165, 1.54) is 12.1 Å². The van der Waals surface area contributed by atoms with Crippen molar-refractivity contribution in [1.29, 1.82) is 5.26 Å². The molecule has 7 heteroatoms. The predicted molar refractivity (Wildman–Crippen MR) is 124 cm³/mol. The van der Waals surface area contributed by atoms with Gasteiger partial charge in [-0.2, -0.15) is 5.26 Å². The molecule has 0 radical (unpaired) electrons. The molecule has 0 spiro atoms. The highest BCUT2D eigenvalue weighted by Gasteiger charge is 2.27. The van der Waals surface area contributed by atoms with Crippen LogP contribution in [0.5, 0.6) is 0 Å². The van der Waals surface area contributed by atoms with E-state index in [0.717, 1.165) is 23.2 Å². The van der Waals surface area contributed by atoms with Crippen LogP contribution >= 0.6 is 0 Å². The summed E-state index contributed by atoms with van der Waals surface area (Å²) in [5.41, 5.74) is 3.49. The van der Waals surface area contributed by atoms with Crippen LogP contribution in [0.4, 0.5) is 20.6 Å². The SMILES string of the molecule is N#Cc1ccccc1CN1CCCN(c2ccc(NC(=O)Cc3ccc(F)cc3)cc2)C1=O. The first kappa shape index (κ1) is 22.0. The first-order valence-corrected chi connectivity index (χ1v) is 10.7. The zero-order valence-electron chi connectivity index (χ0n) is 18.0. The van der Waals surface area contributed by atoms with Gasteiger partial charge >= 0.3 is 6.03 Å². The van der Waals surface area contributed by atoms with Gasteiger partial charge < -0.3 is 10.2 Å². The molecule has 166 valence electrons. The summed E-state index contributed by atoms with van der Waals surface area (Å²) in [5.74, 6) is -0.541. The Morgan fingerprint density at radius 3 is 2.45 bits per heavy atom. The molecule has 1 fully saturated rings. The highest BCUT2D eigenvalue weighted by molar-refractivity contribution is 5.94. The number of nitrogens with zero attached hydrogens (tertiary/aromatic N) is 3. The van der Waals surface area contributed by atoms with Gasteiger partial charge in [0.15, 0.2) is 0 Å². The van der Waals surface area contributed by atoms with Crippen molar-refractivity contribution >= 4 is 23.3 Å². The van der Waals surface area contributed by atoms with Crippen molar-refractivity contribution < 1.29 is 14.0 Å². The molecule has 3 aromatic carbocycles. The lowest BCUT2D eigenvalue weighted by atomic mass is 10.1. The van der Waals surface area contributed by atoms with E-state index < -0.39 is 0 Å². The van der Waals surface area contributed by atoms with Gasteiger partial charge in [0.05, 0.1) is 18.1 Å². The van der Waals surface area contributed by atoms with Crippen LogP contribution in [0.2, 0.25) is 0 Å². The van der Waals surface area contributed by atoms with Crippen LogP contribution in [-0.2, 0) is 17.8 Å². The van der Waals surface area contributed by atoms with Crippen molar-refractivity contribution in [1.82, 2.24) is 4.90 Å². The van der Waals surface area contributed by atoms with E-state index >= 15 is 0 Å². The third-order valence-corrected chi connectivity index (χ3v) is 5.55. The zero-order chi connectivity index (χ0) is 23.2. The second kappa shape index (κ2) is 9.96. The van der Waals surface area contributed by atoms with Crippen LogP contribution in [0.1, 0.15) is 23.1 Å². The van der Waals surface area contributed by atoms with Crippen molar-refractivity contribution in [3.05, 3.63) is 95.3 Å². The summed E-state index contributed by atoms with van der Waals surface area (Å²) in [4.78, 5) is 28.8. The van der Waals surface area contributed by atoms with Crippen LogP contribution < -0.4 is 10.2 Å². The first-order chi connectivity index (χ1) is 16.0. The van der Waals surface area contributed by atoms with E-state index in [1.807, 2.05) is 18.2 Å². The number of halogens is 1. The molecule has 4 rings (SSSR count). The average Bonchev–Trinajstić information content (AvgIpc) is 2.83. The maximum absolute atomic E-state index is 13.1. The normalized spacial score (nSPS) is 13.5. The number of hydrogen-bond acceptors (Lipinski definition) is 3. The van der Waals surface area contributed by atoms with Crippen LogP contribution in [-0.4, -0.2) is 29.9 Å². The second-order valence-corrected chi connectivity index (χ2v) is 7.88. The fraction of sp³-hybridized carbons (Fsp3) is 0.192. The monoisotopic (exact) mass is 442 g/mol. The number of carbonyl (C=O) groups is 2. The molecule has 33 heavy (non-hydrogen) atoms. The molecule has 1 aliphatic rings.